The van der Waals surface area contributed by atoms with E-state index in [0.29, 0.717) is 0 Å². The SMILES string of the molecule is O=C(Nc1ccccc1N1C(=O)[C@@H]2[C@H](C1=O)[C@H]1C=C[C@H]2C1)c1ccc(C(F)(F)F)cc1. The molecule has 158 valence electrons. The van der Waals surface area contributed by atoms with Gasteiger partial charge in [-0.25, -0.2) is 4.90 Å². The highest BCUT2D eigenvalue weighted by molar-refractivity contribution is 6.24. The molecule has 1 heterocycles. The van der Waals surface area contributed by atoms with Crippen molar-refractivity contribution >= 4 is 29.1 Å². The van der Waals surface area contributed by atoms with E-state index in [1.54, 1.807) is 24.3 Å². The van der Waals surface area contributed by atoms with Crippen LogP contribution >= 0.6 is 0 Å². The predicted octanol–water partition coefficient (Wildman–Crippen LogP) is 4.27. The molecule has 5 rings (SSSR count). The summed E-state index contributed by atoms with van der Waals surface area (Å²) in [5, 5.41) is 2.62. The van der Waals surface area contributed by atoms with Gasteiger partial charge in [0.05, 0.1) is 28.8 Å². The molecule has 4 atom stereocenters. The molecule has 3 aliphatic rings. The first-order valence-electron chi connectivity index (χ1n) is 9.89. The Kier molecular flexibility index (Phi) is 4.28. The largest absolute Gasteiger partial charge is 0.416 e. The summed E-state index contributed by atoms with van der Waals surface area (Å²) in [4.78, 5) is 39.9. The summed E-state index contributed by atoms with van der Waals surface area (Å²) >= 11 is 0. The van der Waals surface area contributed by atoms with E-state index in [0.717, 1.165) is 35.6 Å². The average Bonchev–Trinajstić information content (AvgIpc) is 3.42. The lowest BCUT2D eigenvalue weighted by Crippen LogP contribution is -2.33. The summed E-state index contributed by atoms with van der Waals surface area (Å²) in [6, 6.07) is 10.3. The van der Waals surface area contributed by atoms with Crippen LogP contribution in [0.3, 0.4) is 0 Å². The molecular formula is C23H17F3N2O3. The normalized spacial score (nSPS) is 26.5. The third-order valence-corrected chi connectivity index (χ3v) is 6.34. The Labute approximate surface area is 175 Å². The molecule has 0 unspecified atom stereocenters. The molecule has 1 saturated carbocycles. The minimum Gasteiger partial charge on any atom is -0.320 e. The van der Waals surface area contributed by atoms with Crippen molar-refractivity contribution in [1.82, 2.24) is 0 Å². The Morgan fingerprint density at radius 2 is 1.48 bits per heavy atom. The van der Waals surface area contributed by atoms with Crippen LogP contribution in [0.15, 0.2) is 60.7 Å². The number of benzene rings is 2. The summed E-state index contributed by atoms with van der Waals surface area (Å²) in [5.41, 5.74) is -0.311. The fraction of sp³-hybridized carbons (Fsp3) is 0.261. The minimum atomic E-state index is -4.50. The fourth-order valence-electron chi connectivity index (χ4n) is 4.92. The van der Waals surface area contributed by atoms with Gasteiger partial charge in [-0.1, -0.05) is 24.3 Å². The number of carbonyl (C=O) groups is 3. The summed E-state index contributed by atoms with van der Waals surface area (Å²) in [6.07, 6.45) is 0.314. The number of hydrogen-bond acceptors (Lipinski definition) is 3. The fourth-order valence-corrected chi connectivity index (χ4v) is 4.92. The van der Waals surface area contributed by atoms with Gasteiger partial charge in [0.1, 0.15) is 0 Å². The number of halogens is 3. The zero-order chi connectivity index (χ0) is 21.9. The van der Waals surface area contributed by atoms with Crippen LogP contribution in [-0.4, -0.2) is 17.7 Å². The minimum absolute atomic E-state index is 0.0287. The maximum Gasteiger partial charge on any atom is 0.416 e. The molecule has 2 aliphatic carbocycles. The van der Waals surface area contributed by atoms with Crippen molar-refractivity contribution in [3.05, 3.63) is 71.8 Å². The van der Waals surface area contributed by atoms with Crippen LogP contribution in [-0.2, 0) is 15.8 Å². The van der Waals surface area contributed by atoms with Gasteiger partial charge in [-0.3, -0.25) is 14.4 Å². The van der Waals surface area contributed by atoms with Crippen molar-refractivity contribution in [2.24, 2.45) is 23.7 Å². The number of imide groups is 1. The van der Waals surface area contributed by atoms with Crippen LogP contribution in [0.4, 0.5) is 24.5 Å². The van der Waals surface area contributed by atoms with Gasteiger partial charge in [0.25, 0.3) is 5.91 Å². The number of para-hydroxylation sites is 2. The number of carbonyl (C=O) groups excluding carboxylic acids is 3. The van der Waals surface area contributed by atoms with Gasteiger partial charge in [-0.2, -0.15) is 13.2 Å². The second-order valence-corrected chi connectivity index (χ2v) is 8.06. The van der Waals surface area contributed by atoms with E-state index in [2.05, 4.69) is 5.32 Å². The van der Waals surface area contributed by atoms with E-state index in [1.165, 1.54) is 0 Å². The topological polar surface area (TPSA) is 66.5 Å². The highest BCUT2D eigenvalue weighted by Crippen LogP contribution is 2.53. The van der Waals surface area contributed by atoms with Crippen LogP contribution in [0.1, 0.15) is 22.3 Å². The van der Waals surface area contributed by atoms with Crippen LogP contribution in [0, 0.1) is 23.7 Å². The van der Waals surface area contributed by atoms with Gasteiger partial charge >= 0.3 is 6.18 Å². The molecule has 1 saturated heterocycles. The number of rotatable bonds is 3. The van der Waals surface area contributed by atoms with Crippen molar-refractivity contribution in [3.63, 3.8) is 0 Å². The van der Waals surface area contributed by atoms with E-state index in [-0.39, 0.29) is 52.4 Å². The molecule has 8 heteroatoms. The van der Waals surface area contributed by atoms with Crippen molar-refractivity contribution in [2.45, 2.75) is 12.6 Å². The lowest BCUT2D eigenvalue weighted by Gasteiger charge is -2.21. The monoisotopic (exact) mass is 426 g/mol. The zero-order valence-electron chi connectivity index (χ0n) is 16.1. The lowest BCUT2D eigenvalue weighted by atomic mass is 9.85. The first-order chi connectivity index (χ1) is 14.8. The van der Waals surface area contributed by atoms with Crippen molar-refractivity contribution in [3.8, 4) is 0 Å². The number of anilines is 2. The molecule has 5 nitrogen and oxygen atoms in total. The Bertz CT molecular complexity index is 1090. The number of allylic oxidation sites excluding steroid dienone is 2. The second kappa shape index (κ2) is 6.80. The molecule has 2 bridgehead atoms. The third-order valence-electron chi connectivity index (χ3n) is 6.34. The van der Waals surface area contributed by atoms with Crippen molar-refractivity contribution < 1.29 is 27.6 Å². The smallest absolute Gasteiger partial charge is 0.320 e. The van der Waals surface area contributed by atoms with Gasteiger partial charge in [0.2, 0.25) is 11.8 Å². The molecular weight excluding hydrogens is 409 g/mol. The van der Waals surface area contributed by atoms with Crippen molar-refractivity contribution in [1.29, 1.82) is 0 Å². The lowest BCUT2D eigenvalue weighted by molar-refractivity contribution is -0.137. The molecule has 1 N–H and O–H groups in total. The number of nitrogens with zero attached hydrogens (tertiary/aromatic N) is 1. The standard InChI is InChI=1S/C23H17F3N2O3/c24-23(25,26)15-9-7-12(8-10-15)20(29)27-16-3-1-2-4-17(16)28-21(30)18-13-5-6-14(11-13)19(18)22(28)31/h1-10,13-14,18-19H,11H2,(H,27,29)/t13-,14-,18-,19+/m0/s1. The summed E-state index contributed by atoms with van der Waals surface area (Å²) < 4.78 is 38.2. The van der Waals surface area contributed by atoms with E-state index in [9.17, 15) is 27.6 Å². The second-order valence-electron chi connectivity index (χ2n) is 8.06. The zero-order valence-corrected chi connectivity index (χ0v) is 16.1. The van der Waals surface area contributed by atoms with Gasteiger partial charge in [-0.15, -0.1) is 0 Å². The number of hydrogen-bond donors (Lipinski definition) is 1. The Hall–Kier alpha value is -3.42. The van der Waals surface area contributed by atoms with Crippen LogP contribution in [0.25, 0.3) is 0 Å². The van der Waals surface area contributed by atoms with Gasteiger partial charge in [0, 0.05) is 5.56 Å². The Morgan fingerprint density at radius 1 is 0.903 bits per heavy atom. The molecule has 0 aromatic heterocycles. The molecule has 0 spiro atoms. The molecule has 3 amide bonds. The van der Waals surface area contributed by atoms with E-state index in [1.807, 2.05) is 12.2 Å². The first-order valence-corrected chi connectivity index (χ1v) is 9.89. The Balaban J connectivity index is 1.41. The third kappa shape index (κ3) is 3.05. The number of alkyl halides is 3. The molecule has 31 heavy (non-hydrogen) atoms. The van der Waals surface area contributed by atoms with Crippen molar-refractivity contribution in [2.75, 3.05) is 10.2 Å². The van der Waals surface area contributed by atoms with Crippen LogP contribution in [0.5, 0.6) is 0 Å². The summed E-state index contributed by atoms with van der Waals surface area (Å²) in [6.45, 7) is 0. The maximum atomic E-state index is 13.1. The van der Waals surface area contributed by atoms with E-state index >= 15 is 0 Å². The van der Waals surface area contributed by atoms with Gasteiger partial charge in [-0.05, 0) is 54.7 Å². The Morgan fingerprint density at radius 3 is 2.06 bits per heavy atom. The molecule has 2 fully saturated rings. The number of fused-ring (bicyclic) bond motifs is 5. The highest BCUT2D eigenvalue weighted by Gasteiger charge is 2.59. The number of amides is 3. The van der Waals surface area contributed by atoms with Gasteiger partial charge in [0.15, 0.2) is 0 Å². The highest BCUT2D eigenvalue weighted by atomic mass is 19.4. The molecule has 2 aromatic rings. The van der Waals surface area contributed by atoms with E-state index in [4.69, 9.17) is 0 Å². The average molecular weight is 426 g/mol. The van der Waals surface area contributed by atoms with Crippen LogP contribution < -0.4 is 10.2 Å². The van der Waals surface area contributed by atoms with Crippen LogP contribution in [0.2, 0.25) is 0 Å². The summed E-state index contributed by atoms with van der Waals surface area (Å²) in [7, 11) is 0. The molecule has 1 aliphatic heterocycles. The predicted molar refractivity (Wildman–Crippen MR) is 106 cm³/mol. The molecule has 0 radical (unpaired) electrons. The quantitative estimate of drug-likeness (QED) is 0.589. The van der Waals surface area contributed by atoms with E-state index < -0.39 is 17.6 Å². The first kappa shape index (κ1) is 19.5. The summed E-state index contributed by atoms with van der Waals surface area (Å²) in [5.74, 6) is -1.81. The maximum absolute atomic E-state index is 13.1. The molecule has 2 aromatic carbocycles. The van der Waals surface area contributed by atoms with Gasteiger partial charge < -0.3 is 5.32 Å². The number of nitrogens with one attached hydrogen (secondary N) is 1.